The quantitative estimate of drug-likeness (QED) is 0.488. The summed E-state index contributed by atoms with van der Waals surface area (Å²) in [5.41, 5.74) is 2.15. The number of carbonyl (C=O) groups is 2. The predicted molar refractivity (Wildman–Crippen MR) is 104 cm³/mol. The van der Waals surface area contributed by atoms with Crippen molar-refractivity contribution in [1.29, 1.82) is 0 Å². The maximum absolute atomic E-state index is 12.4. The molecule has 1 aromatic heterocycles. The van der Waals surface area contributed by atoms with Crippen LogP contribution in [-0.2, 0) is 0 Å². The van der Waals surface area contributed by atoms with Gasteiger partial charge in [-0.05, 0) is 57.2 Å². The summed E-state index contributed by atoms with van der Waals surface area (Å²) in [5.74, 6) is 0.796. The number of nitrogens with one attached hydrogen (secondary N) is 1. The Morgan fingerprint density at radius 1 is 0.963 bits per heavy atom. The van der Waals surface area contributed by atoms with Crippen LogP contribution in [-0.4, -0.2) is 11.9 Å². The number of hydrogen-bond acceptors (Lipinski definition) is 4. The van der Waals surface area contributed by atoms with Gasteiger partial charge in [-0.2, -0.15) is 0 Å². The highest BCUT2D eigenvalue weighted by atomic mass is 35.5. The van der Waals surface area contributed by atoms with Gasteiger partial charge in [-0.15, -0.1) is 0 Å². The van der Waals surface area contributed by atoms with Crippen molar-refractivity contribution in [3.63, 3.8) is 0 Å². The fourth-order valence-corrected chi connectivity index (χ4v) is 2.92. The molecular formula is C21H18ClNO4. The fraction of sp³-hybridized carbons (Fsp3) is 0.143. The van der Waals surface area contributed by atoms with Crippen molar-refractivity contribution in [2.45, 2.75) is 20.8 Å². The second-order valence-corrected chi connectivity index (χ2v) is 6.47. The molecule has 1 N–H and O–H groups in total. The van der Waals surface area contributed by atoms with E-state index < -0.39 is 5.97 Å². The van der Waals surface area contributed by atoms with Crippen molar-refractivity contribution in [2.75, 3.05) is 5.32 Å². The standard InChI is InChI=1S/C21H18ClNO4/c1-12-13(2)26-14(3)19(12)21(25)27-16-10-8-15(9-11-16)23-20(24)17-6-4-5-7-18(17)22/h4-11H,1-3H3,(H,23,24). The van der Waals surface area contributed by atoms with Crippen LogP contribution in [0.15, 0.2) is 52.9 Å². The summed E-state index contributed by atoms with van der Waals surface area (Å²) >= 11 is 6.03. The summed E-state index contributed by atoms with van der Waals surface area (Å²) in [4.78, 5) is 24.7. The summed E-state index contributed by atoms with van der Waals surface area (Å²) in [7, 11) is 0. The van der Waals surface area contributed by atoms with Crippen LogP contribution < -0.4 is 10.1 Å². The van der Waals surface area contributed by atoms with E-state index in [1.807, 2.05) is 6.92 Å². The number of rotatable bonds is 4. The lowest BCUT2D eigenvalue weighted by Gasteiger charge is -2.08. The number of esters is 1. The third-order valence-electron chi connectivity index (χ3n) is 4.21. The van der Waals surface area contributed by atoms with Gasteiger partial charge in [0.05, 0.1) is 10.6 Å². The van der Waals surface area contributed by atoms with Gasteiger partial charge < -0.3 is 14.5 Å². The average Bonchev–Trinajstić information content (AvgIpc) is 2.89. The van der Waals surface area contributed by atoms with Crippen molar-refractivity contribution in [3.8, 4) is 5.75 Å². The van der Waals surface area contributed by atoms with Crippen LogP contribution in [0.3, 0.4) is 0 Å². The molecular weight excluding hydrogens is 366 g/mol. The summed E-state index contributed by atoms with van der Waals surface area (Å²) in [5, 5.41) is 3.13. The first-order valence-corrected chi connectivity index (χ1v) is 8.69. The van der Waals surface area contributed by atoms with E-state index in [2.05, 4.69) is 5.32 Å². The first kappa shape index (κ1) is 18.7. The largest absolute Gasteiger partial charge is 0.465 e. The minimum atomic E-state index is -0.477. The molecule has 5 nitrogen and oxygen atoms in total. The number of amides is 1. The molecule has 1 amide bonds. The highest BCUT2D eigenvalue weighted by Crippen LogP contribution is 2.24. The molecule has 0 saturated carbocycles. The maximum Gasteiger partial charge on any atom is 0.347 e. The van der Waals surface area contributed by atoms with Gasteiger partial charge >= 0.3 is 5.97 Å². The Morgan fingerprint density at radius 3 is 2.22 bits per heavy atom. The zero-order valence-corrected chi connectivity index (χ0v) is 15.9. The number of benzene rings is 2. The average molecular weight is 384 g/mol. The second kappa shape index (κ2) is 7.68. The Labute approximate surface area is 161 Å². The number of anilines is 1. The van der Waals surface area contributed by atoms with Crippen LogP contribution in [0.2, 0.25) is 5.02 Å². The molecule has 3 rings (SSSR count). The van der Waals surface area contributed by atoms with Crippen molar-refractivity contribution in [1.82, 2.24) is 0 Å². The Hall–Kier alpha value is -3.05. The van der Waals surface area contributed by atoms with Gasteiger partial charge in [0.2, 0.25) is 0 Å². The van der Waals surface area contributed by atoms with E-state index in [0.29, 0.717) is 39.1 Å². The van der Waals surface area contributed by atoms with Gasteiger partial charge in [0.1, 0.15) is 22.8 Å². The van der Waals surface area contributed by atoms with Crippen LogP contribution in [0.5, 0.6) is 5.75 Å². The lowest BCUT2D eigenvalue weighted by atomic mass is 10.1. The Bertz CT molecular complexity index is 1010. The highest BCUT2D eigenvalue weighted by molar-refractivity contribution is 6.34. The summed E-state index contributed by atoms with van der Waals surface area (Å²) in [6.45, 7) is 5.34. The summed E-state index contributed by atoms with van der Waals surface area (Å²) < 4.78 is 10.9. The number of hydrogen-bond donors (Lipinski definition) is 1. The van der Waals surface area contributed by atoms with Crippen LogP contribution in [0.4, 0.5) is 5.69 Å². The molecule has 3 aromatic rings. The summed E-state index contributed by atoms with van der Waals surface area (Å²) in [6, 6.07) is 13.3. The van der Waals surface area contributed by atoms with Gasteiger partial charge in [0, 0.05) is 11.3 Å². The van der Waals surface area contributed by atoms with Crippen LogP contribution in [0.1, 0.15) is 37.8 Å². The second-order valence-electron chi connectivity index (χ2n) is 6.06. The monoisotopic (exact) mass is 383 g/mol. The SMILES string of the molecule is Cc1oc(C)c(C(=O)Oc2ccc(NC(=O)c3ccccc3Cl)cc2)c1C. The van der Waals surface area contributed by atoms with Crippen LogP contribution in [0.25, 0.3) is 0 Å². The molecule has 0 fully saturated rings. The molecule has 0 atom stereocenters. The number of ether oxygens (including phenoxy) is 1. The Kier molecular flexibility index (Phi) is 5.33. The summed E-state index contributed by atoms with van der Waals surface area (Å²) in [6.07, 6.45) is 0. The van der Waals surface area contributed by atoms with Gasteiger partial charge in [0.25, 0.3) is 5.91 Å². The molecule has 0 unspecified atom stereocenters. The zero-order chi connectivity index (χ0) is 19.6. The zero-order valence-electron chi connectivity index (χ0n) is 15.1. The first-order chi connectivity index (χ1) is 12.9. The number of halogens is 1. The van der Waals surface area contributed by atoms with Gasteiger partial charge in [-0.25, -0.2) is 4.79 Å². The Balaban J connectivity index is 1.69. The number of furan rings is 1. The minimum Gasteiger partial charge on any atom is -0.465 e. The van der Waals surface area contributed by atoms with Crippen molar-refractivity contribution >= 4 is 29.2 Å². The molecule has 0 spiro atoms. The van der Waals surface area contributed by atoms with Gasteiger partial charge in [0.15, 0.2) is 0 Å². The molecule has 1 heterocycles. The fourth-order valence-electron chi connectivity index (χ4n) is 2.70. The van der Waals surface area contributed by atoms with E-state index in [1.165, 1.54) is 0 Å². The van der Waals surface area contributed by atoms with E-state index in [4.69, 9.17) is 20.8 Å². The Morgan fingerprint density at radius 2 is 1.63 bits per heavy atom. The van der Waals surface area contributed by atoms with E-state index in [9.17, 15) is 9.59 Å². The molecule has 138 valence electrons. The molecule has 0 bridgehead atoms. The smallest absolute Gasteiger partial charge is 0.347 e. The molecule has 6 heteroatoms. The lowest BCUT2D eigenvalue weighted by Crippen LogP contribution is -2.13. The topological polar surface area (TPSA) is 68.5 Å². The lowest BCUT2D eigenvalue weighted by molar-refractivity contribution is 0.0732. The van der Waals surface area contributed by atoms with E-state index in [0.717, 1.165) is 5.56 Å². The molecule has 0 aliphatic carbocycles. The third kappa shape index (κ3) is 4.04. The van der Waals surface area contributed by atoms with Crippen molar-refractivity contribution in [2.24, 2.45) is 0 Å². The molecule has 0 aliphatic heterocycles. The first-order valence-electron chi connectivity index (χ1n) is 8.31. The number of carbonyl (C=O) groups excluding carboxylic acids is 2. The van der Waals surface area contributed by atoms with Gasteiger partial charge in [-0.1, -0.05) is 23.7 Å². The maximum atomic E-state index is 12.4. The van der Waals surface area contributed by atoms with E-state index >= 15 is 0 Å². The highest BCUT2D eigenvalue weighted by Gasteiger charge is 2.20. The molecule has 2 aromatic carbocycles. The molecule has 0 radical (unpaired) electrons. The molecule has 0 aliphatic rings. The van der Waals surface area contributed by atoms with E-state index in [-0.39, 0.29) is 5.91 Å². The normalized spacial score (nSPS) is 10.5. The predicted octanol–water partition coefficient (Wildman–Crippen LogP) is 5.33. The number of aryl methyl sites for hydroxylation is 2. The molecule has 27 heavy (non-hydrogen) atoms. The van der Waals surface area contributed by atoms with Crippen LogP contribution >= 0.6 is 11.6 Å². The van der Waals surface area contributed by atoms with Crippen LogP contribution in [0, 0.1) is 20.8 Å². The third-order valence-corrected chi connectivity index (χ3v) is 4.54. The van der Waals surface area contributed by atoms with Crippen molar-refractivity contribution < 1.29 is 18.7 Å². The minimum absolute atomic E-state index is 0.314. The van der Waals surface area contributed by atoms with Crippen molar-refractivity contribution in [3.05, 3.63) is 81.8 Å². The molecule has 0 saturated heterocycles. The van der Waals surface area contributed by atoms with Gasteiger partial charge in [-0.3, -0.25) is 4.79 Å². The van der Waals surface area contributed by atoms with E-state index in [1.54, 1.807) is 62.4 Å².